The number of guanidine groups is 1. The third-order valence-corrected chi connectivity index (χ3v) is 6.07. The first-order valence-corrected chi connectivity index (χ1v) is 8.71. The molecule has 130 valence electrons. The molecule has 1 heterocycles. The maximum absolute atomic E-state index is 12.0. The Kier molecular flexibility index (Phi) is 8.10. The SMILES string of the molecule is CCNC(=NCC(=O)N(C)C)N1CCS(=O)(=O)C(C)(C)C1.I. The predicted molar refractivity (Wildman–Crippen MR) is 99.5 cm³/mol. The van der Waals surface area contributed by atoms with Crippen LogP contribution in [-0.4, -0.2) is 80.9 Å². The Bertz CT molecular complexity index is 517. The first-order chi connectivity index (χ1) is 9.60. The average molecular weight is 446 g/mol. The second kappa shape index (κ2) is 8.32. The Morgan fingerprint density at radius 1 is 1.36 bits per heavy atom. The van der Waals surface area contributed by atoms with E-state index in [9.17, 15) is 13.2 Å². The topological polar surface area (TPSA) is 82.1 Å². The number of hydrogen-bond donors (Lipinski definition) is 1. The average Bonchev–Trinajstić information content (AvgIpc) is 2.37. The molecule has 1 N–H and O–H groups in total. The molecule has 1 rings (SSSR count). The Hall–Kier alpha value is -0.580. The van der Waals surface area contributed by atoms with Gasteiger partial charge >= 0.3 is 0 Å². The van der Waals surface area contributed by atoms with E-state index in [4.69, 9.17) is 0 Å². The Labute approximate surface area is 150 Å². The fourth-order valence-electron chi connectivity index (χ4n) is 2.03. The Morgan fingerprint density at radius 2 is 1.95 bits per heavy atom. The Morgan fingerprint density at radius 3 is 2.41 bits per heavy atom. The van der Waals surface area contributed by atoms with Crippen molar-refractivity contribution in [3.63, 3.8) is 0 Å². The number of amides is 1. The number of rotatable bonds is 3. The van der Waals surface area contributed by atoms with Crippen LogP contribution in [0.4, 0.5) is 0 Å². The van der Waals surface area contributed by atoms with Crippen LogP contribution in [0, 0.1) is 0 Å². The molecule has 0 radical (unpaired) electrons. The normalized spacial score (nSPS) is 20.0. The van der Waals surface area contributed by atoms with Crippen molar-refractivity contribution in [2.45, 2.75) is 25.5 Å². The summed E-state index contributed by atoms with van der Waals surface area (Å²) < 4.78 is 23.3. The maximum atomic E-state index is 12.0. The molecule has 9 heteroatoms. The van der Waals surface area contributed by atoms with Crippen LogP contribution >= 0.6 is 24.0 Å². The van der Waals surface area contributed by atoms with Crippen LogP contribution in [0.15, 0.2) is 4.99 Å². The quantitative estimate of drug-likeness (QED) is 0.380. The molecule has 0 aromatic rings. The summed E-state index contributed by atoms with van der Waals surface area (Å²) in [5, 5.41) is 3.12. The highest BCUT2D eigenvalue weighted by molar-refractivity contribution is 14.0. The minimum absolute atomic E-state index is 0. The first-order valence-electron chi connectivity index (χ1n) is 7.06. The number of nitrogens with zero attached hydrogens (tertiary/aromatic N) is 3. The van der Waals surface area contributed by atoms with E-state index in [1.165, 1.54) is 4.90 Å². The van der Waals surface area contributed by atoms with Crippen LogP contribution in [0.2, 0.25) is 0 Å². The van der Waals surface area contributed by atoms with Crippen LogP contribution in [0.3, 0.4) is 0 Å². The van der Waals surface area contributed by atoms with Gasteiger partial charge in [0, 0.05) is 33.7 Å². The van der Waals surface area contributed by atoms with E-state index in [-0.39, 0.29) is 42.2 Å². The molecule has 0 aliphatic carbocycles. The van der Waals surface area contributed by atoms with E-state index in [1.54, 1.807) is 27.9 Å². The molecule has 0 aromatic carbocycles. The summed E-state index contributed by atoms with van der Waals surface area (Å²) in [5.74, 6) is 0.608. The van der Waals surface area contributed by atoms with Gasteiger partial charge in [0.2, 0.25) is 5.91 Å². The molecule has 22 heavy (non-hydrogen) atoms. The molecule has 0 saturated carbocycles. The van der Waals surface area contributed by atoms with Gasteiger partial charge in [-0.05, 0) is 20.8 Å². The van der Waals surface area contributed by atoms with Crippen LogP contribution in [0.5, 0.6) is 0 Å². The summed E-state index contributed by atoms with van der Waals surface area (Å²) in [7, 11) is 0.277. The van der Waals surface area contributed by atoms with Gasteiger partial charge in [-0.3, -0.25) is 4.79 Å². The van der Waals surface area contributed by atoms with Gasteiger partial charge in [0.1, 0.15) is 6.54 Å². The van der Waals surface area contributed by atoms with Crippen molar-refractivity contribution >= 4 is 45.7 Å². The summed E-state index contributed by atoms with van der Waals surface area (Å²) in [6, 6.07) is 0. The highest BCUT2D eigenvalue weighted by Gasteiger charge is 2.40. The molecule has 1 saturated heterocycles. The van der Waals surface area contributed by atoms with Crippen LogP contribution in [0.1, 0.15) is 20.8 Å². The van der Waals surface area contributed by atoms with Gasteiger partial charge in [-0.15, -0.1) is 24.0 Å². The van der Waals surface area contributed by atoms with E-state index in [1.807, 2.05) is 11.8 Å². The molecule has 0 unspecified atom stereocenters. The van der Waals surface area contributed by atoms with Gasteiger partial charge < -0.3 is 15.1 Å². The van der Waals surface area contributed by atoms with E-state index in [0.29, 0.717) is 25.6 Å². The molecular formula is C13H27IN4O3S. The molecule has 7 nitrogen and oxygen atoms in total. The molecule has 0 bridgehead atoms. The summed E-state index contributed by atoms with van der Waals surface area (Å²) in [5.41, 5.74) is 0. The smallest absolute Gasteiger partial charge is 0.243 e. The molecule has 1 aliphatic rings. The number of carbonyl (C=O) groups excluding carboxylic acids is 1. The van der Waals surface area contributed by atoms with Gasteiger partial charge in [-0.1, -0.05) is 0 Å². The monoisotopic (exact) mass is 446 g/mol. The lowest BCUT2D eigenvalue weighted by molar-refractivity contribution is -0.127. The van der Waals surface area contributed by atoms with Crippen molar-refractivity contribution in [1.29, 1.82) is 0 Å². The van der Waals surface area contributed by atoms with Crippen LogP contribution in [0.25, 0.3) is 0 Å². The number of sulfone groups is 1. The zero-order valence-corrected chi connectivity index (χ0v) is 17.1. The zero-order chi connectivity index (χ0) is 16.3. The maximum Gasteiger partial charge on any atom is 0.243 e. The second-order valence-corrected chi connectivity index (χ2v) is 8.70. The van der Waals surface area contributed by atoms with Gasteiger partial charge in [0.05, 0.1) is 10.5 Å². The molecule has 0 atom stereocenters. The number of halogens is 1. The zero-order valence-electron chi connectivity index (χ0n) is 13.9. The van der Waals surface area contributed by atoms with E-state index in [0.717, 1.165) is 0 Å². The van der Waals surface area contributed by atoms with E-state index >= 15 is 0 Å². The van der Waals surface area contributed by atoms with Crippen molar-refractivity contribution in [2.75, 3.05) is 46.0 Å². The second-order valence-electron chi connectivity index (χ2n) is 5.96. The minimum atomic E-state index is -3.09. The largest absolute Gasteiger partial charge is 0.357 e. The number of likely N-dealkylation sites (N-methyl/N-ethyl adjacent to an activating group) is 1. The lowest BCUT2D eigenvalue weighted by atomic mass is 10.2. The number of aliphatic imine (C=N–C) groups is 1. The molecule has 0 spiro atoms. The highest BCUT2D eigenvalue weighted by atomic mass is 127. The number of carbonyl (C=O) groups is 1. The third-order valence-electron chi connectivity index (χ3n) is 3.54. The van der Waals surface area contributed by atoms with E-state index < -0.39 is 14.6 Å². The number of nitrogens with one attached hydrogen (secondary N) is 1. The summed E-state index contributed by atoms with van der Waals surface area (Å²) in [4.78, 5) is 19.4. The van der Waals surface area contributed by atoms with Crippen molar-refractivity contribution in [2.24, 2.45) is 4.99 Å². The summed E-state index contributed by atoms with van der Waals surface area (Å²) in [6.07, 6.45) is 0. The van der Waals surface area contributed by atoms with Crippen LogP contribution in [-0.2, 0) is 14.6 Å². The molecular weight excluding hydrogens is 419 g/mol. The van der Waals surface area contributed by atoms with Crippen molar-refractivity contribution in [1.82, 2.24) is 15.1 Å². The van der Waals surface area contributed by atoms with Gasteiger partial charge in [-0.2, -0.15) is 0 Å². The third kappa shape index (κ3) is 5.25. The van der Waals surface area contributed by atoms with Gasteiger partial charge in [0.15, 0.2) is 15.8 Å². The Balaban J connectivity index is 0.00000441. The molecule has 0 aromatic heterocycles. The minimum Gasteiger partial charge on any atom is -0.357 e. The van der Waals surface area contributed by atoms with E-state index in [2.05, 4.69) is 10.3 Å². The summed E-state index contributed by atoms with van der Waals surface area (Å²) in [6.45, 7) is 6.88. The summed E-state index contributed by atoms with van der Waals surface area (Å²) >= 11 is 0. The fourth-order valence-corrected chi connectivity index (χ4v) is 3.40. The van der Waals surface area contributed by atoms with Gasteiger partial charge in [0.25, 0.3) is 0 Å². The predicted octanol–water partition coefficient (Wildman–Crippen LogP) is 0.167. The molecule has 1 fully saturated rings. The highest BCUT2D eigenvalue weighted by Crippen LogP contribution is 2.23. The van der Waals surface area contributed by atoms with Crippen molar-refractivity contribution < 1.29 is 13.2 Å². The molecule has 1 amide bonds. The standard InChI is InChI=1S/C13H26N4O3S.HI/c1-6-14-12(15-9-11(18)16(4)5)17-7-8-21(19,20)13(2,3)10-17;/h6-10H2,1-5H3,(H,14,15);1H. The first kappa shape index (κ1) is 21.4. The van der Waals surface area contributed by atoms with Gasteiger partial charge in [-0.25, -0.2) is 13.4 Å². The van der Waals surface area contributed by atoms with Crippen molar-refractivity contribution in [3.05, 3.63) is 0 Å². The molecule has 1 aliphatic heterocycles. The fraction of sp³-hybridized carbons (Fsp3) is 0.846. The van der Waals surface area contributed by atoms with Crippen molar-refractivity contribution in [3.8, 4) is 0 Å². The van der Waals surface area contributed by atoms with Crippen LogP contribution < -0.4 is 5.32 Å². The number of hydrogen-bond acceptors (Lipinski definition) is 4. The lowest BCUT2D eigenvalue weighted by Crippen LogP contribution is -2.57. The lowest BCUT2D eigenvalue weighted by Gasteiger charge is -2.39.